The number of carbonyl (C=O) groups excluding carboxylic acids is 1. The Morgan fingerprint density at radius 2 is 1.59 bits per heavy atom. The van der Waals surface area contributed by atoms with Crippen molar-refractivity contribution in [3.63, 3.8) is 0 Å². The summed E-state index contributed by atoms with van der Waals surface area (Å²) in [6.45, 7) is 1.84. The zero-order valence-electron chi connectivity index (χ0n) is 22.8. The first-order chi connectivity index (χ1) is 19.2. The molecule has 0 aliphatic heterocycles. The molecule has 0 aliphatic rings. The van der Waals surface area contributed by atoms with Crippen molar-refractivity contribution in [2.75, 3.05) is 19.5 Å². The van der Waals surface area contributed by atoms with Crippen molar-refractivity contribution < 1.29 is 53.3 Å². The molecule has 204 valence electrons. The molecule has 1 aromatic heterocycles. The van der Waals surface area contributed by atoms with E-state index in [1.165, 1.54) is 12.1 Å². The van der Waals surface area contributed by atoms with Crippen LogP contribution < -0.4 is 54.9 Å². The van der Waals surface area contributed by atoms with Gasteiger partial charge in [0.25, 0.3) is 0 Å². The Balaban J connectivity index is 0.000000221. The van der Waals surface area contributed by atoms with E-state index in [1.54, 1.807) is 62.8 Å². The molecule has 41 heavy (non-hydrogen) atoms. The summed E-state index contributed by atoms with van der Waals surface area (Å²) in [5, 5.41) is 15.4. The van der Waals surface area contributed by atoms with E-state index in [1.807, 2.05) is 31.2 Å². The first-order valence-electron chi connectivity index (χ1n) is 12.0. The van der Waals surface area contributed by atoms with Gasteiger partial charge in [0, 0.05) is 28.9 Å². The molecule has 1 N–H and O–H groups in total. The number of carbonyl (C=O) groups is 1. The molecule has 10 heteroatoms. The second-order valence-corrected chi connectivity index (χ2v) is 9.37. The van der Waals surface area contributed by atoms with Gasteiger partial charge < -0.3 is 29.1 Å². The number of aryl methyl sites for hydroxylation is 1. The van der Waals surface area contributed by atoms with Crippen LogP contribution in [0.25, 0.3) is 22.3 Å². The van der Waals surface area contributed by atoms with Crippen LogP contribution in [0.4, 0.5) is 11.4 Å². The number of ether oxygens (including phenoxy) is 2. The Bertz CT molecular complexity index is 1760. The van der Waals surface area contributed by atoms with Gasteiger partial charge in [0.15, 0.2) is 5.43 Å². The first kappa shape index (κ1) is 32.1. The number of nitrogens with one attached hydrogen (secondary N) is 1. The maximum atomic E-state index is 12.2. The van der Waals surface area contributed by atoms with Crippen molar-refractivity contribution in [1.82, 2.24) is 0 Å². The Morgan fingerprint density at radius 1 is 0.878 bits per heavy atom. The van der Waals surface area contributed by atoms with Crippen LogP contribution in [0.15, 0.2) is 94.1 Å². The molecular formula is C31H24Cl2NNaO6. The number of methoxy groups -OCH3 is 2. The number of hydrogen-bond acceptors (Lipinski definition) is 7. The number of halogens is 2. The summed E-state index contributed by atoms with van der Waals surface area (Å²) in [5.74, 6) is 0.594. The minimum Gasteiger partial charge on any atom is -0.545 e. The molecule has 4 aromatic carbocycles. The smallest absolute Gasteiger partial charge is 0.545 e. The molecule has 0 bridgehead atoms. The Hall–Kier alpha value is -3.46. The van der Waals surface area contributed by atoms with Gasteiger partial charge in [-0.3, -0.25) is 4.79 Å². The van der Waals surface area contributed by atoms with E-state index in [2.05, 4.69) is 5.32 Å². The molecular weight excluding hydrogens is 576 g/mol. The second-order valence-electron chi connectivity index (χ2n) is 8.58. The standard InChI is InChI=1S/C17H14O4.C14H11Cl2NO2.Na/c1-19-12-5-3-4-11(8-12)16-10-15(18)14-7-6-13(20-2)9-17(14)21-16;1-8-6-7-10(15)13(12(8)16)17-11-5-3-2-4-9(11)14(18)19;/h3-10H,1-2H3;2-7,17H,1H3,(H,18,19);/q;;+1/p-1. The zero-order chi connectivity index (χ0) is 28.8. The van der Waals surface area contributed by atoms with Crippen molar-refractivity contribution >= 4 is 51.5 Å². The summed E-state index contributed by atoms with van der Waals surface area (Å²) in [4.78, 5) is 23.2. The molecule has 0 radical (unpaired) electrons. The molecule has 0 amide bonds. The van der Waals surface area contributed by atoms with Crippen LogP contribution in [-0.4, -0.2) is 20.2 Å². The Labute approximate surface area is 268 Å². The van der Waals surface area contributed by atoms with E-state index >= 15 is 0 Å². The largest absolute Gasteiger partial charge is 1.00 e. The average molecular weight is 600 g/mol. The molecule has 7 nitrogen and oxygen atoms in total. The third kappa shape index (κ3) is 7.64. The summed E-state index contributed by atoms with van der Waals surface area (Å²) in [7, 11) is 3.17. The minimum atomic E-state index is -1.26. The number of hydrogen-bond donors (Lipinski definition) is 1. The number of benzene rings is 4. The van der Waals surface area contributed by atoms with E-state index in [9.17, 15) is 14.7 Å². The fourth-order valence-electron chi connectivity index (χ4n) is 3.86. The first-order valence-corrected chi connectivity index (χ1v) is 12.8. The Kier molecular flexibility index (Phi) is 11.3. The molecule has 0 saturated heterocycles. The topological polar surface area (TPSA) is 101 Å². The normalized spacial score (nSPS) is 10.2. The van der Waals surface area contributed by atoms with Gasteiger partial charge >= 0.3 is 29.6 Å². The maximum absolute atomic E-state index is 12.2. The van der Waals surface area contributed by atoms with E-state index < -0.39 is 5.97 Å². The maximum Gasteiger partial charge on any atom is 1.00 e. The van der Waals surface area contributed by atoms with Crippen LogP contribution in [0.3, 0.4) is 0 Å². The van der Waals surface area contributed by atoms with Crippen molar-refractivity contribution in [3.8, 4) is 22.8 Å². The molecule has 0 saturated carbocycles. The molecule has 0 unspecified atom stereocenters. The summed E-state index contributed by atoms with van der Waals surface area (Å²) < 4.78 is 16.2. The number of rotatable bonds is 6. The van der Waals surface area contributed by atoms with Gasteiger partial charge in [-0.1, -0.05) is 59.6 Å². The quantitative estimate of drug-likeness (QED) is 0.295. The fourth-order valence-corrected chi connectivity index (χ4v) is 4.32. The fraction of sp³-hybridized carbons (Fsp3) is 0.0968. The summed E-state index contributed by atoms with van der Waals surface area (Å²) in [5.41, 5.74) is 2.97. The predicted octanol–water partition coefficient (Wildman–Crippen LogP) is 3.89. The number of aromatic carboxylic acids is 1. The molecule has 0 spiro atoms. The van der Waals surface area contributed by atoms with Crippen molar-refractivity contribution in [1.29, 1.82) is 0 Å². The van der Waals surface area contributed by atoms with Gasteiger partial charge in [-0.25, -0.2) is 0 Å². The van der Waals surface area contributed by atoms with Crippen LogP contribution >= 0.6 is 23.2 Å². The predicted molar refractivity (Wildman–Crippen MR) is 156 cm³/mol. The molecule has 5 aromatic rings. The van der Waals surface area contributed by atoms with Gasteiger partial charge in [-0.05, 0) is 48.9 Å². The van der Waals surface area contributed by atoms with Crippen LogP contribution in [0.2, 0.25) is 10.0 Å². The third-order valence-corrected chi connectivity index (χ3v) is 6.78. The second kappa shape index (κ2) is 14.4. The van der Waals surface area contributed by atoms with Gasteiger partial charge in [0.05, 0.1) is 41.3 Å². The van der Waals surface area contributed by atoms with Gasteiger partial charge in [-0.15, -0.1) is 0 Å². The van der Waals surface area contributed by atoms with Crippen molar-refractivity contribution in [3.05, 3.63) is 116 Å². The molecule has 0 aliphatic carbocycles. The minimum absolute atomic E-state index is 0. The SMILES string of the molecule is COc1cccc(-c2cc(=O)c3ccc(OC)cc3o2)c1.Cc1ccc(Cl)c(Nc2ccccc2C(=O)[O-])c1Cl.[Na+]. The van der Waals surface area contributed by atoms with Gasteiger partial charge in [-0.2, -0.15) is 0 Å². The number of anilines is 2. The number of fused-ring (bicyclic) bond motifs is 1. The van der Waals surface area contributed by atoms with Gasteiger partial charge in [0.2, 0.25) is 0 Å². The molecule has 1 heterocycles. The zero-order valence-corrected chi connectivity index (χ0v) is 26.3. The van der Waals surface area contributed by atoms with Crippen LogP contribution in [0, 0.1) is 6.92 Å². The van der Waals surface area contributed by atoms with E-state index in [4.69, 9.17) is 37.1 Å². The number of carboxylic acid groups (broad SMARTS) is 1. The third-order valence-electron chi connectivity index (χ3n) is 5.98. The Morgan fingerprint density at radius 3 is 2.29 bits per heavy atom. The van der Waals surface area contributed by atoms with Crippen molar-refractivity contribution in [2.45, 2.75) is 6.92 Å². The average Bonchev–Trinajstić information content (AvgIpc) is 2.97. The monoisotopic (exact) mass is 599 g/mol. The summed E-state index contributed by atoms with van der Waals surface area (Å²) >= 11 is 12.2. The van der Waals surface area contributed by atoms with E-state index in [0.29, 0.717) is 49.6 Å². The van der Waals surface area contributed by atoms with E-state index in [-0.39, 0.29) is 40.5 Å². The van der Waals surface area contributed by atoms with E-state index in [0.717, 1.165) is 11.1 Å². The van der Waals surface area contributed by atoms with Crippen LogP contribution in [0.5, 0.6) is 11.5 Å². The molecule has 5 rings (SSSR count). The van der Waals surface area contributed by atoms with Crippen LogP contribution in [-0.2, 0) is 0 Å². The molecule has 0 atom stereocenters. The number of para-hydroxylation sites is 1. The number of carboxylic acids is 1. The summed E-state index contributed by atoms with van der Waals surface area (Å²) in [6.07, 6.45) is 0. The van der Waals surface area contributed by atoms with Crippen molar-refractivity contribution in [2.24, 2.45) is 0 Å². The molecule has 0 fully saturated rings. The summed E-state index contributed by atoms with van der Waals surface area (Å²) in [6, 6.07) is 23.9. The van der Waals surface area contributed by atoms with Gasteiger partial charge in [0.1, 0.15) is 22.8 Å². The van der Waals surface area contributed by atoms with Crippen LogP contribution in [0.1, 0.15) is 15.9 Å².